The van der Waals surface area contributed by atoms with Gasteiger partial charge in [-0.05, 0) is 50.2 Å². The average molecular weight is 311 g/mol. The minimum Gasteiger partial charge on any atom is -0.350 e. The number of pyridine rings is 1. The van der Waals surface area contributed by atoms with Gasteiger partial charge in [0.25, 0.3) is 0 Å². The maximum absolute atomic E-state index is 12.4. The maximum atomic E-state index is 12.4. The first kappa shape index (κ1) is 14.4. The van der Waals surface area contributed by atoms with E-state index in [1.807, 2.05) is 6.07 Å². The summed E-state index contributed by atoms with van der Waals surface area (Å²) in [6.45, 7) is 0.508. The van der Waals surface area contributed by atoms with Gasteiger partial charge in [-0.15, -0.1) is 0 Å². The highest BCUT2D eigenvalue weighted by Gasteiger charge is 2.27. The fraction of sp³-hybridized carbons (Fsp3) is 0.529. The molecule has 0 radical (unpaired) electrons. The summed E-state index contributed by atoms with van der Waals surface area (Å²) in [5, 5.41) is 13.9. The second kappa shape index (κ2) is 6.10. The molecule has 6 nitrogen and oxygen atoms in total. The molecule has 2 heterocycles. The molecule has 2 aliphatic carbocycles. The number of nitrogens with one attached hydrogen (secondary N) is 2. The Bertz CT molecular complexity index is 724. The van der Waals surface area contributed by atoms with Crippen molar-refractivity contribution in [1.29, 1.82) is 0 Å². The molecule has 0 bridgehead atoms. The van der Waals surface area contributed by atoms with Crippen molar-refractivity contribution in [3.05, 3.63) is 40.5 Å². The number of H-pyrrole nitrogens is 1. The van der Waals surface area contributed by atoms with E-state index in [0.29, 0.717) is 13.0 Å². The van der Waals surface area contributed by atoms with Gasteiger partial charge < -0.3 is 5.32 Å². The van der Waals surface area contributed by atoms with Crippen LogP contribution in [0.3, 0.4) is 0 Å². The first-order chi connectivity index (χ1) is 11.3. The van der Waals surface area contributed by atoms with Gasteiger partial charge in [0.15, 0.2) is 0 Å². The lowest BCUT2D eigenvalue weighted by Crippen LogP contribution is -2.34. The van der Waals surface area contributed by atoms with Gasteiger partial charge in [-0.1, -0.05) is 6.07 Å². The Hall–Kier alpha value is -2.24. The monoisotopic (exact) mass is 311 g/mol. The Labute approximate surface area is 135 Å². The van der Waals surface area contributed by atoms with E-state index in [9.17, 15) is 4.79 Å². The van der Waals surface area contributed by atoms with Crippen molar-refractivity contribution in [2.24, 2.45) is 5.92 Å². The molecule has 4 rings (SSSR count). The van der Waals surface area contributed by atoms with Crippen molar-refractivity contribution >= 4 is 5.91 Å². The summed E-state index contributed by atoms with van der Waals surface area (Å²) in [7, 11) is 0. The summed E-state index contributed by atoms with van der Waals surface area (Å²) in [6.07, 6.45) is 7.01. The third kappa shape index (κ3) is 2.98. The van der Waals surface area contributed by atoms with Gasteiger partial charge in [0, 0.05) is 18.0 Å². The van der Waals surface area contributed by atoms with Crippen LogP contribution in [0.4, 0.5) is 0 Å². The van der Waals surface area contributed by atoms with Gasteiger partial charge >= 0.3 is 0 Å². The molecular weight excluding hydrogens is 290 g/mol. The molecule has 23 heavy (non-hydrogen) atoms. The molecule has 2 aliphatic rings. The van der Waals surface area contributed by atoms with E-state index < -0.39 is 0 Å². The number of hydrogen-bond donors (Lipinski definition) is 2. The summed E-state index contributed by atoms with van der Waals surface area (Å²) >= 11 is 0. The van der Waals surface area contributed by atoms with Crippen LogP contribution in [0.5, 0.6) is 0 Å². The number of rotatable bonds is 3. The fourth-order valence-corrected chi connectivity index (χ4v) is 3.56. The van der Waals surface area contributed by atoms with Crippen LogP contribution in [-0.4, -0.2) is 26.3 Å². The third-order valence-corrected chi connectivity index (χ3v) is 4.92. The molecule has 6 heteroatoms. The van der Waals surface area contributed by atoms with Crippen LogP contribution in [0.2, 0.25) is 0 Å². The second-order valence-corrected chi connectivity index (χ2v) is 6.49. The highest BCUT2D eigenvalue weighted by Crippen LogP contribution is 2.23. The number of carbonyl (C=O) groups is 1. The Balaban J connectivity index is 1.37. The minimum atomic E-state index is -0.00905. The highest BCUT2D eigenvalue weighted by molar-refractivity contribution is 5.79. The molecule has 0 saturated heterocycles. The normalized spacial score (nSPS) is 19.7. The molecule has 120 valence electrons. The summed E-state index contributed by atoms with van der Waals surface area (Å²) in [5.74, 6) is 0.0865. The molecule has 0 aromatic carbocycles. The molecular formula is C17H21N5O. The van der Waals surface area contributed by atoms with Crippen LogP contribution in [0.1, 0.15) is 47.6 Å². The quantitative estimate of drug-likeness (QED) is 0.900. The highest BCUT2D eigenvalue weighted by atomic mass is 16.1. The molecule has 2 aromatic heterocycles. The fourth-order valence-electron chi connectivity index (χ4n) is 3.56. The van der Waals surface area contributed by atoms with Crippen molar-refractivity contribution in [2.75, 3.05) is 0 Å². The molecule has 0 spiro atoms. The molecule has 2 aromatic rings. The Kier molecular flexibility index (Phi) is 3.81. The second-order valence-electron chi connectivity index (χ2n) is 6.49. The van der Waals surface area contributed by atoms with Crippen LogP contribution in [0, 0.1) is 5.92 Å². The summed E-state index contributed by atoms with van der Waals surface area (Å²) < 4.78 is 0. The zero-order valence-corrected chi connectivity index (χ0v) is 13.1. The predicted octanol–water partition coefficient (Wildman–Crippen LogP) is 1.50. The number of aryl methyl sites for hydroxylation is 3. The number of carbonyl (C=O) groups excluding carboxylic acids is 1. The van der Waals surface area contributed by atoms with Gasteiger partial charge in [-0.2, -0.15) is 15.4 Å². The molecule has 1 atom stereocenters. The van der Waals surface area contributed by atoms with Gasteiger partial charge in [0.05, 0.1) is 23.6 Å². The van der Waals surface area contributed by atoms with Crippen LogP contribution in [0.15, 0.2) is 12.1 Å². The van der Waals surface area contributed by atoms with Crippen LogP contribution >= 0.6 is 0 Å². The van der Waals surface area contributed by atoms with E-state index in [4.69, 9.17) is 4.98 Å². The number of hydrogen-bond acceptors (Lipinski definition) is 4. The average Bonchev–Trinajstić information content (AvgIpc) is 3.07. The third-order valence-electron chi connectivity index (χ3n) is 4.92. The number of aromatic nitrogens is 4. The van der Waals surface area contributed by atoms with Gasteiger partial charge in [0.1, 0.15) is 0 Å². The minimum absolute atomic E-state index is 0.00905. The SMILES string of the molecule is O=C(NCc1ccc2c(n1)CCCC2)C1CCc2n[nH]nc2C1. The van der Waals surface area contributed by atoms with Crippen LogP contribution < -0.4 is 5.32 Å². The lowest BCUT2D eigenvalue weighted by atomic mass is 9.89. The van der Waals surface area contributed by atoms with E-state index in [1.54, 1.807) is 0 Å². The van der Waals surface area contributed by atoms with E-state index in [1.165, 1.54) is 24.1 Å². The predicted molar refractivity (Wildman–Crippen MR) is 84.6 cm³/mol. The maximum Gasteiger partial charge on any atom is 0.223 e. The topological polar surface area (TPSA) is 83.6 Å². The van der Waals surface area contributed by atoms with Crippen molar-refractivity contribution in [2.45, 2.75) is 51.5 Å². The van der Waals surface area contributed by atoms with Crippen LogP contribution in [-0.2, 0) is 37.0 Å². The molecule has 0 aliphatic heterocycles. The largest absolute Gasteiger partial charge is 0.350 e. The van der Waals surface area contributed by atoms with Gasteiger partial charge in [-0.3, -0.25) is 9.78 Å². The van der Waals surface area contributed by atoms with Crippen molar-refractivity contribution in [3.63, 3.8) is 0 Å². The Morgan fingerprint density at radius 1 is 1.13 bits per heavy atom. The number of aromatic amines is 1. The molecule has 0 fully saturated rings. The standard InChI is InChI=1S/C17H21N5O/c23-17(12-6-8-15-16(9-12)21-22-20-15)18-10-13-7-5-11-3-1-2-4-14(11)19-13/h5,7,12H,1-4,6,8-10H2,(H,18,23)(H,20,21,22). The van der Waals surface area contributed by atoms with Crippen molar-refractivity contribution in [3.8, 4) is 0 Å². The number of fused-ring (bicyclic) bond motifs is 2. The zero-order valence-electron chi connectivity index (χ0n) is 13.1. The van der Waals surface area contributed by atoms with E-state index >= 15 is 0 Å². The summed E-state index contributed by atoms with van der Waals surface area (Å²) in [5.41, 5.74) is 5.48. The number of nitrogens with zero attached hydrogens (tertiary/aromatic N) is 3. The molecule has 2 N–H and O–H groups in total. The lowest BCUT2D eigenvalue weighted by Gasteiger charge is -2.20. The van der Waals surface area contributed by atoms with Crippen LogP contribution in [0.25, 0.3) is 0 Å². The summed E-state index contributed by atoms with van der Waals surface area (Å²) in [6, 6.07) is 4.21. The van der Waals surface area contributed by atoms with E-state index in [-0.39, 0.29) is 11.8 Å². The smallest absolute Gasteiger partial charge is 0.223 e. The van der Waals surface area contributed by atoms with E-state index in [2.05, 4.69) is 26.8 Å². The number of amides is 1. The first-order valence-electron chi connectivity index (χ1n) is 8.43. The van der Waals surface area contributed by atoms with Crippen molar-refractivity contribution < 1.29 is 4.79 Å². The van der Waals surface area contributed by atoms with Gasteiger partial charge in [0.2, 0.25) is 5.91 Å². The molecule has 1 unspecified atom stereocenters. The Morgan fingerprint density at radius 3 is 2.96 bits per heavy atom. The van der Waals surface area contributed by atoms with Crippen molar-refractivity contribution in [1.82, 2.24) is 25.7 Å². The molecule has 1 amide bonds. The zero-order chi connectivity index (χ0) is 15.6. The first-order valence-corrected chi connectivity index (χ1v) is 8.43. The van der Waals surface area contributed by atoms with E-state index in [0.717, 1.165) is 42.8 Å². The molecule has 0 saturated carbocycles. The Morgan fingerprint density at radius 2 is 2.00 bits per heavy atom. The van der Waals surface area contributed by atoms with Gasteiger partial charge in [-0.25, -0.2) is 0 Å². The summed E-state index contributed by atoms with van der Waals surface area (Å²) in [4.78, 5) is 17.1. The lowest BCUT2D eigenvalue weighted by molar-refractivity contribution is -0.125.